The first-order chi connectivity index (χ1) is 11.2. The molecule has 24 heavy (non-hydrogen) atoms. The van der Waals surface area contributed by atoms with Crippen LogP contribution < -0.4 is 10.6 Å². The van der Waals surface area contributed by atoms with E-state index in [9.17, 15) is 9.59 Å². The summed E-state index contributed by atoms with van der Waals surface area (Å²) in [6, 6.07) is 8.91. The molecule has 0 spiro atoms. The lowest BCUT2D eigenvalue weighted by atomic mass is 10.1. The molecule has 0 heterocycles. The van der Waals surface area contributed by atoms with Crippen molar-refractivity contribution in [3.63, 3.8) is 0 Å². The second-order valence-electron chi connectivity index (χ2n) is 6.98. The van der Waals surface area contributed by atoms with Crippen molar-refractivity contribution in [2.24, 2.45) is 0 Å². The largest absolute Gasteiger partial charge is 0.444 e. The SMILES string of the molecule is CN(C)CCNC(=O)C(Cc1ccccc1)NC(=O)OC(C)(C)C. The third kappa shape index (κ3) is 8.53. The Bertz CT molecular complexity index is 524. The number of alkyl carbamates (subject to hydrolysis) is 1. The predicted octanol–water partition coefficient (Wildman–Crippen LogP) is 1.80. The Morgan fingerprint density at radius 1 is 1.17 bits per heavy atom. The Kier molecular flexibility index (Phi) is 7.71. The van der Waals surface area contributed by atoms with Crippen LogP contribution in [0.15, 0.2) is 30.3 Å². The Morgan fingerprint density at radius 3 is 2.33 bits per heavy atom. The van der Waals surface area contributed by atoms with Crippen molar-refractivity contribution in [2.75, 3.05) is 27.2 Å². The Balaban J connectivity index is 2.71. The minimum Gasteiger partial charge on any atom is -0.444 e. The fourth-order valence-corrected chi connectivity index (χ4v) is 2.03. The smallest absolute Gasteiger partial charge is 0.408 e. The minimum absolute atomic E-state index is 0.216. The van der Waals surface area contributed by atoms with Crippen molar-refractivity contribution >= 4 is 12.0 Å². The first-order valence-electron chi connectivity index (χ1n) is 8.13. The van der Waals surface area contributed by atoms with Crippen molar-refractivity contribution in [1.82, 2.24) is 15.5 Å². The molecule has 0 bridgehead atoms. The van der Waals surface area contributed by atoms with Gasteiger partial charge in [-0.05, 0) is 40.4 Å². The molecule has 0 aromatic heterocycles. The Morgan fingerprint density at radius 2 is 1.79 bits per heavy atom. The van der Waals surface area contributed by atoms with Crippen LogP contribution in [0.3, 0.4) is 0 Å². The highest BCUT2D eigenvalue weighted by atomic mass is 16.6. The van der Waals surface area contributed by atoms with Gasteiger partial charge in [-0.15, -0.1) is 0 Å². The van der Waals surface area contributed by atoms with E-state index in [-0.39, 0.29) is 5.91 Å². The fraction of sp³-hybridized carbons (Fsp3) is 0.556. The first-order valence-corrected chi connectivity index (χ1v) is 8.13. The van der Waals surface area contributed by atoms with Gasteiger partial charge < -0.3 is 20.3 Å². The normalized spacial score (nSPS) is 12.6. The van der Waals surface area contributed by atoms with Crippen LogP contribution >= 0.6 is 0 Å². The molecular formula is C18H29N3O3. The molecule has 0 saturated carbocycles. The van der Waals surface area contributed by atoms with E-state index in [4.69, 9.17) is 4.74 Å². The zero-order chi connectivity index (χ0) is 18.2. The third-order valence-corrected chi connectivity index (χ3v) is 3.15. The quantitative estimate of drug-likeness (QED) is 0.797. The van der Waals surface area contributed by atoms with Crippen LogP contribution in [0.1, 0.15) is 26.3 Å². The lowest BCUT2D eigenvalue weighted by molar-refractivity contribution is -0.123. The van der Waals surface area contributed by atoms with Crippen LogP contribution in [0.25, 0.3) is 0 Å². The standard InChI is InChI=1S/C18H29N3O3/c1-18(2,3)24-17(23)20-15(13-14-9-7-6-8-10-14)16(22)19-11-12-21(4)5/h6-10,15H,11-13H2,1-5H3,(H,19,22)(H,20,23). The number of benzene rings is 1. The Labute approximate surface area is 144 Å². The molecule has 0 saturated heterocycles. The van der Waals surface area contributed by atoms with Gasteiger partial charge in [-0.1, -0.05) is 30.3 Å². The van der Waals surface area contributed by atoms with E-state index in [1.807, 2.05) is 49.3 Å². The van der Waals surface area contributed by atoms with Crippen molar-refractivity contribution in [3.05, 3.63) is 35.9 Å². The number of hydrogen-bond donors (Lipinski definition) is 2. The second-order valence-corrected chi connectivity index (χ2v) is 6.98. The lowest BCUT2D eigenvalue weighted by Gasteiger charge is -2.23. The van der Waals surface area contributed by atoms with Gasteiger partial charge in [0.25, 0.3) is 0 Å². The molecule has 0 aliphatic heterocycles. The summed E-state index contributed by atoms with van der Waals surface area (Å²) in [6.07, 6.45) is -0.181. The van der Waals surface area contributed by atoms with Crippen LogP contribution in [-0.2, 0) is 16.0 Å². The summed E-state index contributed by atoms with van der Waals surface area (Å²) >= 11 is 0. The van der Waals surface area contributed by atoms with E-state index >= 15 is 0 Å². The number of amides is 2. The summed E-state index contributed by atoms with van der Waals surface area (Å²) in [5, 5.41) is 5.52. The van der Waals surface area contributed by atoms with Crippen molar-refractivity contribution in [2.45, 2.75) is 38.8 Å². The number of carbonyl (C=O) groups excluding carboxylic acids is 2. The van der Waals surface area contributed by atoms with Gasteiger partial charge in [0.2, 0.25) is 5.91 Å². The van der Waals surface area contributed by atoms with Crippen molar-refractivity contribution in [3.8, 4) is 0 Å². The van der Waals surface area contributed by atoms with E-state index in [1.165, 1.54) is 0 Å². The van der Waals surface area contributed by atoms with E-state index in [0.717, 1.165) is 12.1 Å². The topological polar surface area (TPSA) is 70.7 Å². The molecule has 0 fully saturated rings. The van der Waals surface area contributed by atoms with Gasteiger partial charge in [0.1, 0.15) is 11.6 Å². The highest BCUT2D eigenvalue weighted by Crippen LogP contribution is 2.08. The number of ether oxygens (including phenoxy) is 1. The summed E-state index contributed by atoms with van der Waals surface area (Å²) in [5.41, 5.74) is 0.365. The number of hydrogen-bond acceptors (Lipinski definition) is 4. The number of rotatable bonds is 7. The molecule has 134 valence electrons. The molecule has 1 atom stereocenters. The van der Waals surface area contributed by atoms with Crippen molar-refractivity contribution in [1.29, 1.82) is 0 Å². The van der Waals surface area contributed by atoms with Crippen LogP contribution in [0.5, 0.6) is 0 Å². The lowest BCUT2D eigenvalue weighted by Crippen LogP contribution is -2.50. The Hall–Kier alpha value is -2.08. The number of nitrogens with one attached hydrogen (secondary N) is 2. The van der Waals surface area contributed by atoms with Gasteiger partial charge in [-0.2, -0.15) is 0 Å². The molecule has 1 aromatic rings. The zero-order valence-electron chi connectivity index (χ0n) is 15.3. The molecule has 1 unspecified atom stereocenters. The molecule has 1 rings (SSSR count). The van der Waals surface area contributed by atoms with E-state index in [0.29, 0.717) is 13.0 Å². The van der Waals surface area contributed by atoms with Gasteiger partial charge in [-0.3, -0.25) is 4.79 Å². The number of nitrogens with zero attached hydrogens (tertiary/aromatic N) is 1. The van der Waals surface area contributed by atoms with E-state index in [2.05, 4.69) is 10.6 Å². The monoisotopic (exact) mass is 335 g/mol. The van der Waals surface area contributed by atoms with Crippen LogP contribution in [0, 0.1) is 0 Å². The summed E-state index contributed by atoms with van der Waals surface area (Å²) in [4.78, 5) is 26.4. The molecule has 6 heteroatoms. The average molecular weight is 335 g/mol. The molecule has 2 amide bonds. The maximum absolute atomic E-state index is 12.4. The van der Waals surface area contributed by atoms with Gasteiger partial charge in [0, 0.05) is 19.5 Å². The van der Waals surface area contributed by atoms with Gasteiger partial charge in [0.05, 0.1) is 0 Å². The molecular weight excluding hydrogens is 306 g/mol. The summed E-state index contributed by atoms with van der Waals surface area (Å²) in [5.74, 6) is -0.216. The highest BCUT2D eigenvalue weighted by Gasteiger charge is 2.24. The zero-order valence-corrected chi connectivity index (χ0v) is 15.3. The number of likely N-dealkylation sites (N-methyl/N-ethyl adjacent to an activating group) is 1. The maximum atomic E-state index is 12.4. The molecule has 0 radical (unpaired) electrons. The summed E-state index contributed by atoms with van der Waals surface area (Å²) in [7, 11) is 3.87. The molecule has 1 aromatic carbocycles. The van der Waals surface area contributed by atoms with Gasteiger partial charge in [-0.25, -0.2) is 4.79 Å². The summed E-state index contributed by atoms with van der Waals surface area (Å²) < 4.78 is 5.26. The molecule has 0 aliphatic rings. The van der Waals surface area contributed by atoms with E-state index < -0.39 is 17.7 Å². The van der Waals surface area contributed by atoms with Gasteiger partial charge in [0.15, 0.2) is 0 Å². The number of carbonyl (C=O) groups is 2. The van der Waals surface area contributed by atoms with Crippen LogP contribution in [0.4, 0.5) is 4.79 Å². The molecule has 0 aliphatic carbocycles. The maximum Gasteiger partial charge on any atom is 0.408 e. The van der Waals surface area contributed by atoms with Crippen LogP contribution in [0.2, 0.25) is 0 Å². The first kappa shape index (κ1) is 20.0. The fourth-order valence-electron chi connectivity index (χ4n) is 2.03. The highest BCUT2D eigenvalue weighted by molar-refractivity contribution is 5.86. The van der Waals surface area contributed by atoms with Crippen LogP contribution in [-0.4, -0.2) is 55.7 Å². The summed E-state index contributed by atoms with van der Waals surface area (Å²) in [6.45, 7) is 6.62. The van der Waals surface area contributed by atoms with Crippen molar-refractivity contribution < 1.29 is 14.3 Å². The predicted molar refractivity (Wildman–Crippen MR) is 94.9 cm³/mol. The molecule has 6 nitrogen and oxygen atoms in total. The van der Waals surface area contributed by atoms with E-state index in [1.54, 1.807) is 20.8 Å². The molecule has 2 N–H and O–H groups in total. The third-order valence-electron chi connectivity index (χ3n) is 3.15. The minimum atomic E-state index is -0.676. The average Bonchev–Trinajstić information content (AvgIpc) is 2.45. The second kappa shape index (κ2) is 9.27. The van der Waals surface area contributed by atoms with Gasteiger partial charge >= 0.3 is 6.09 Å².